The van der Waals surface area contributed by atoms with Crippen molar-refractivity contribution in [2.24, 2.45) is 0 Å². The third kappa shape index (κ3) is 2.73. The van der Waals surface area contributed by atoms with Crippen molar-refractivity contribution in [3.05, 3.63) is 51.5 Å². The number of aromatic amines is 2. The number of benzene rings is 1. The molecular formula is C20H26N4O. The molecule has 25 heavy (non-hydrogen) atoms. The van der Waals surface area contributed by atoms with Gasteiger partial charge in [0.2, 0.25) is 0 Å². The lowest BCUT2D eigenvalue weighted by molar-refractivity contribution is 0.0736. The maximum absolute atomic E-state index is 13.2. The highest BCUT2D eigenvalue weighted by atomic mass is 16.2. The molecule has 2 heterocycles. The molecule has 0 fully saturated rings. The molecule has 0 saturated carbocycles. The number of hydrogen-bond acceptors (Lipinski definition) is 2. The summed E-state index contributed by atoms with van der Waals surface area (Å²) in [5.41, 5.74) is 8.10. The van der Waals surface area contributed by atoms with Crippen molar-refractivity contribution in [1.82, 2.24) is 20.1 Å². The smallest absolute Gasteiger partial charge is 0.270 e. The minimum absolute atomic E-state index is 0.00162. The molecule has 2 aromatic heterocycles. The summed E-state index contributed by atoms with van der Waals surface area (Å²) >= 11 is 0. The van der Waals surface area contributed by atoms with E-state index in [0.717, 1.165) is 39.0 Å². The van der Waals surface area contributed by atoms with E-state index < -0.39 is 0 Å². The topological polar surface area (TPSA) is 64.8 Å². The molecule has 0 spiro atoms. The maximum atomic E-state index is 13.2. The summed E-state index contributed by atoms with van der Waals surface area (Å²) in [6.45, 7) is 12.2. The van der Waals surface area contributed by atoms with Gasteiger partial charge in [0.05, 0.1) is 11.7 Å². The van der Waals surface area contributed by atoms with Crippen LogP contribution in [0.3, 0.4) is 0 Å². The minimum atomic E-state index is -0.0557. The second kappa shape index (κ2) is 6.06. The number of aromatic nitrogens is 3. The molecule has 5 heteroatoms. The van der Waals surface area contributed by atoms with Crippen molar-refractivity contribution in [1.29, 1.82) is 0 Å². The monoisotopic (exact) mass is 338 g/mol. The van der Waals surface area contributed by atoms with Crippen molar-refractivity contribution in [2.45, 2.75) is 47.6 Å². The van der Waals surface area contributed by atoms with E-state index >= 15 is 0 Å². The molecule has 3 rings (SSSR count). The number of fused-ring (bicyclic) bond motifs is 1. The Morgan fingerprint density at radius 1 is 1.16 bits per heavy atom. The molecular weight excluding hydrogens is 312 g/mol. The molecule has 2 N–H and O–H groups in total. The Morgan fingerprint density at radius 2 is 1.84 bits per heavy atom. The van der Waals surface area contributed by atoms with E-state index in [1.165, 1.54) is 5.56 Å². The zero-order valence-corrected chi connectivity index (χ0v) is 16.0. The van der Waals surface area contributed by atoms with Crippen molar-refractivity contribution < 1.29 is 4.79 Å². The van der Waals surface area contributed by atoms with Gasteiger partial charge in [-0.25, -0.2) is 0 Å². The van der Waals surface area contributed by atoms with Gasteiger partial charge in [-0.15, -0.1) is 0 Å². The Balaban J connectivity index is 2.02. The Morgan fingerprint density at radius 3 is 2.44 bits per heavy atom. The van der Waals surface area contributed by atoms with E-state index in [1.54, 1.807) is 4.90 Å². The first-order valence-corrected chi connectivity index (χ1v) is 8.60. The Labute approximate surface area is 148 Å². The fraction of sp³-hybridized carbons (Fsp3) is 0.400. The fourth-order valence-electron chi connectivity index (χ4n) is 3.72. The van der Waals surface area contributed by atoms with Crippen LogP contribution in [0.5, 0.6) is 0 Å². The Kier molecular flexibility index (Phi) is 4.19. The standard InChI is InChI=1S/C20H26N4O/c1-10-8-11(2)18-16(9-10)12(3)19(21-18)20(25)24(7)15(6)17-13(4)22-23-14(17)5/h8-9,15,21H,1-7H3,(H,22,23)/t15-/m1/s1. The lowest BCUT2D eigenvalue weighted by Gasteiger charge is -2.25. The quantitative estimate of drug-likeness (QED) is 0.749. The molecule has 1 atom stereocenters. The van der Waals surface area contributed by atoms with E-state index in [0.29, 0.717) is 5.69 Å². The number of H-pyrrole nitrogens is 2. The zero-order chi connectivity index (χ0) is 18.5. The zero-order valence-electron chi connectivity index (χ0n) is 16.0. The number of nitrogens with one attached hydrogen (secondary N) is 2. The van der Waals surface area contributed by atoms with Gasteiger partial charge in [-0.2, -0.15) is 5.10 Å². The number of nitrogens with zero attached hydrogens (tertiary/aromatic N) is 2. The molecule has 3 aromatic rings. The first-order chi connectivity index (χ1) is 11.7. The molecule has 0 bridgehead atoms. The first-order valence-electron chi connectivity index (χ1n) is 8.60. The van der Waals surface area contributed by atoms with Gasteiger partial charge < -0.3 is 9.88 Å². The van der Waals surface area contributed by atoms with Gasteiger partial charge in [0.15, 0.2) is 0 Å². The van der Waals surface area contributed by atoms with Crippen LogP contribution in [0.25, 0.3) is 10.9 Å². The number of hydrogen-bond donors (Lipinski definition) is 2. The number of carbonyl (C=O) groups excluding carboxylic acids is 1. The van der Waals surface area contributed by atoms with Crippen LogP contribution in [0.15, 0.2) is 12.1 Å². The molecule has 132 valence electrons. The average molecular weight is 338 g/mol. The predicted octanol–water partition coefficient (Wildman–Crippen LogP) is 4.27. The van der Waals surface area contributed by atoms with E-state index in [2.05, 4.69) is 41.2 Å². The highest BCUT2D eigenvalue weighted by Gasteiger charge is 2.26. The number of carbonyl (C=O) groups is 1. The summed E-state index contributed by atoms with van der Waals surface area (Å²) < 4.78 is 0. The van der Waals surface area contributed by atoms with Crippen LogP contribution in [-0.2, 0) is 0 Å². The fourth-order valence-corrected chi connectivity index (χ4v) is 3.72. The third-order valence-electron chi connectivity index (χ3n) is 5.23. The van der Waals surface area contributed by atoms with Crippen LogP contribution in [0, 0.1) is 34.6 Å². The number of rotatable bonds is 3. The van der Waals surface area contributed by atoms with Gasteiger partial charge in [0.1, 0.15) is 5.69 Å². The second-order valence-electron chi connectivity index (χ2n) is 7.07. The largest absolute Gasteiger partial charge is 0.350 e. The van der Waals surface area contributed by atoms with Gasteiger partial charge in [0.25, 0.3) is 5.91 Å². The summed E-state index contributed by atoms with van der Waals surface area (Å²) in [6.07, 6.45) is 0. The molecule has 0 aliphatic carbocycles. The van der Waals surface area contributed by atoms with Crippen molar-refractivity contribution in [3.8, 4) is 0 Å². The summed E-state index contributed by atoms with van der Waals surface area (Å²) in [6, 6.07) is 4.22. The van der Waals surface area contributed by atoms with Crippen LogP contribution in [-0.4, -0.2) is 33.0 Å². The maximum Gasteiger partial charge on any atom is 0.270 e. The molecule has 5 nitrogen and oxygen atoms in total. The normalized spacial score (nSPS) is 12.6. The second-order valence-corrected chi connectivity index (χ2v) is 7.07. The summed E-state index contributed by atoms with van der Waals surface area (Å²) in [5, 5.41) is 8.38. The van der Waals surface area contributed by atoms with Crippen molar-refractivity contribution >= 4 is 16.8 Å². The molecule has 1 amide bonds. The molecule has 0 saturated heterocycles. The van der Waals surface area contributed by atoms with Crippen LogP contribution >= 0.6 is 0 Å². The van der Waals surface area contributed by atoms with Crippen LogP contribution in [0.1, 0.15) is 57.1 Å². The van der Waals surface area contributed by atoms with Gasteiger partial charge in [0, 0.05) is 29.2 Å². The third-order valence-corrected chi connectivity index (χ3v) is 5.23. The van der Waals surface area contributed by atoms with E-state index in [9.17, 15) is 4.79 Å². The molecule has 0 radical (unpaired) electrons. The summed E-state index contributed by atoms with van der Waals surface area (Å²) in [4.78, 5) is 18.3. The van der Waals surface area contributed by atoms with Crippen LogP contribution in [0.4, 0.5) is 0 Å². The van der Waals surface area contributed by atoms with Gasteiger partial charge in [-0.3, -0.25) is 9.89 Å². The lowest BCUT2D eigenvalue weighted by Crippen LogP contribution is -2.31. The van der Waals surface area contributed by atoms with E-state index in [-0.39, 0.29) is 11.9 Å². The SMILES string of the molecule is Cc1cc(C)c2[nH]c(C(=O)N(C)[C@H](C)c3c(C)n[nH]c3C)c(C)c2c1. The summed E-state index contributed by atoms with van der Waals surface area (Å²) in [7, 11) is 1.85. The van der Waals surface area contributed by atoms with Crippen LogP contribution < -0.4 is 0 Å². The molecule has 1 aromatic carbocycles. The highest BCUT2D eigenvalue weighted by Crippen LogP contribution is 2.29. The van der Waals surface area contributed by atoms with Crippen molar-refractivity contribution in [3.63, 3.8) is 0 Å². The van der Waals surface area contributed by atoms with Gasteiger partial charge >= 0.3 is 0 Å². The Hall–Kier alpha value is -2.56. The van der Waals surface area contributed by atoms with E-state index in [1.807, 2.05) is 34.7 Å². The first kappa shape index (κ1) is 17.3. The van der Waals surface area contributed by atoms with E-state index in [4.69, 9.17) is 0 Å². The minimum Gasteiger partial charge on any atom is -0.350 e. The van der Waals surface area contributed by atoms with Gasteiger partial charge in [-0.05, 0) is 58.7 Å². The van der Waals surface area contributed by atoms with Crippen LogP contribution in [0.2, 0.25) is 0 Å². The van der Waals surface area contributed by atoms with Gasteiger partial charge in [-0.1, -0.05) is 11.6 Å². The lowest BCUT2D eigenvalue weighted by atomic mass is 10.0. The number of aryl methyl sites for hydroxylation is 5. The molecule has 0 unspecified atom stereocenters. The van der Waals surface area contributed by atoms with Crippen molar-refractivity contribution in [2.75, 3.05) is 7.05 Å². The highest BCUT2D eigenvalue weighted by molar-refractivity contribution is 6.01. The molecule has 0 aliphatic rings. The summed E-state index contributed by atoms with van der Waals surface area (Å²) in [5.74, 6) is -0.00162. The Bertz CT molecular complexity index is 944. The average Bonchev–Trinajstić information content (AvgIpc) is 3.06. The molecule has 0 aliphatic heterocycles. The number of amides is 1. The predicted molar refractivity (Wildman–Crippen MR) is 101 cm³/mol.